The summed E-state index contributed by atoms with van der Waals surface area (Å²) < 4.78 is 79.6. The lowest BCUT2D eigenvalue weighted by molar-refractivity contribution is -0.145. The lowest BCUT2D eigenvalue weighted by atomic mass is 10.2. The van der Waals surface area contributed by atoms with E-state index in [1.807, 2.05) is 0 Å². The van der Waals surface area contributed by atoms with Crippen LogP contribution < -0.4 is 5.32 Å². The number of pyridine rings is 2. The van der Waals surface area contributed by atoms with Crippen LogP contribution >= 0.6 is 0 Å². The largest absolute Gasteiger partial charge is 0.450 e. The number of anilines is 1. The summed E-state index contributed by atoms with van der Waals surface area (Å²) in [5, 5.41) is 2.42. The fourth-order valence-electron chi connectivity index (χ4n) is 2.77. The first kappa shape index (κ1) is 17.2. The SMILES string of the molecule is O=C1Cc2cc(-n3c(C(F)(F)F)nc4ccc(C(F)(F)F)nc43)cnc2N1. The molecule has 0 aromatic carbocycles. The van der Waals surface area contributed by atoms with Gasteiger partial charge in [0.25, 0.3) is 0 Å². The van der Waals surface area contributed by atoms with Gasteiger partial charge in [-0.2, -0.15) is 26.3 Å². The third-order valence-electron chi connectivity index (χ3n) is 3.87. The van der Waals surface area contributed by atoms with Gasteiger partial charge in [-0.05, 0) is 18.2 Å². The molecule has 1 amide bonds. The first-order valence-corrected chi connectivity index (χ1v) is 7.37. The van der Waals surface area contributed by atoms with Crippen molar-refractivity contribution in [1.29, 1.82) is 0 Å². The molecule has 1 aliphatic rings. The summed E-state index contributed by atoms with van der Waals surface area (Å²) in [5.41, 5.74) is -2.21. The second-order valence-corrected chi connectivity index (χ2v) is 5.73. The molecule has 1 N–H and O–H groups in total. The quantitative estimate of drug-likeness (QED) is 0.650. The van der Waals surface area contributed by atoms with Gasteiger partial charge in [0.1, 0.15) is 17.0 Å². The van der Waals surface area contributed by atoms with Gasteiger partial charge < -0.3 is 5.32 Å². The lowest BCUT2D eigenvalue weighted by Crippen LogP contribution is -2.15. The zero-order chi connectivity index (χ0) is 19.6. The van der Waals surface area contributed by atoms with Gasteiger partial charge in [-0.25, -0.2) is 15.0 Å². The molecule has 0 saturated heterocycles. The number of aromatic nitrogens is 4. The van der Waals surface area contributed by atoms with Crippen molar-refractivity contribution in [1.82, 2.24) is 19.5 Å². The zero-order valence-corrected chi connectivity index (χ0v) is 13.0. The van der Waals surface area contributed by atoms with Crippen LogP contribution in [0, 0.1) is 0 Å². The van der Waals surface area contributed by atoms with E-state index < -0.39 is 35.4 Å². The molecule has 12 heteroatoms. The minimum absolute atomic E-state index is 0.106. The highest BCUT2D eigenvalue weighted by Crippen LogP contribution is 2.36. The normalized spacial score (nSPS) is 14.5. The standard InChI is InChI=1S/C15H7F6N5O/c16-14(17,18)9-2-1-8-12(24-9)26(13(23-8)15(19,20)21)7-3-6-4-10(27)25-11(6)22-5-7/h1-3,5H,4H2,(H,22,25,27). The Morgan fingerprint density at radius 3 is 2.44 bits per heavy atom. The Morgan fingerprint density at radius 1 is 1.04 bits per heavy atom. The Kier molecular flexibility index (Phi) is 3.45. The van der Waals surface area contributed by atoms with Crippen molar-refractivity contribution in [2.24, 2.45) is 0 Å². The van der Waals surface area contributed by atoms with Crippen molar-refractivity contribution in [2.45, 2.75) is 18.8 Å². The molecule has 6 nitrogen and oxygen atoms in total. The molecule has 0 saturated carbocycles. The summed E-state index contributed by atoms with van der Waals surface area (Å²) in [6.45, 7) is 0. The van der Waals surface area contributed by atoms with Crippen molar-refractivity contribution in [2.75, 3.05) is 5.32 Å². The third kappa shape index (κ3) is 2.86. The van der Waals surface area contributed by atoms with Crippen LogP contribution in [0.3, 0.4) is 0 Å². The number of carbonyl (C=O) groups is 1. The molecule has 3 aromatic heterocycles. The van der Waals surface area contributed by atoms with Gasteiger partial charge in [-0.3, -0.25) is 9.36 Å². The van der Waals surface area contributed by atoms with Gasteiger partial charge in [0.15, 0.2) is 5.65 Å². The summed E-state index contributed by atoms with van der Waals surface area (Å²) in [6.07, 6.45) is -8.89. The summed E-state index contributed by atoms with van der Waals surface area (Å²) in [7, 11) is 0. The summed E-state index contributed by atoms with van der Waals surface area (Å²) in [4.78, 5) is 22.0. The van der Waals surface area contributed by atoms with Crippen molar-refractivity contribution in [3.8, 4) is 5.69 Å². The number of carbonyl (C=O) groups excluding carboxylic acids is 1. The fourth-order valence-corrected chi connectivity index (χ4v) is 2.77. The molecule has 0 spiro atoms. The van der Waals surface area contributed by atoms with Crippen LogP contribution in [0.25, 0.3) is 16.9 Å². The minimum Gasteiger partial charge on any atom is -0.310 e. The highest BCUT2D eigenvalue weighted by Gasteiger charge is 2.40. The number of nitrogens with one attached hydrogen (secondary N) is 1. The van der Waals surface area contributed by atoms with Gasteiger partial charge in [-0.15, -0.1) is 0 Å². The second-order valence-electron chi connectivity index (χ2n) is 5.73. The number of hydrogen-bond donors (Lipinski definition) is 1. The average molecular weight is 387 g/mol. The summed E-state index contributed by atoms with van der Waals surface area (Å²) in [5.74, 6) is -1.65. The van der Waals surface area contributed by atoms with E-state index in [0.717, 1.165) is 12.3 Å². The van der Waals surface area contributed by atoms with Crippen molar-refractivity contribution in [3.63, 3.8) is 0 Å². The number of fused-ring (bicyclic) bond motifs is 2. The molecular formula is C15H7F6N5O. The molecule has 0 atom stereocenters. The highest BCUT2D eigenvalue weighted by molar-refractivity contribution is 5.98. The third-order valence-corrected chi connectivity index (χ3v) is 3.87. The Morgan fingerprint density at radius 2 is 1.78 bits per heavy atom. The molecule has 3 aromatic rings. The van der Waals surface area contributed by atoms with E-state index in [2.05, 4.69) is 20.3 Å². The number of alkyl halides is 6. The molecule has 0 aliphatic carbocycles. The molecule has 0 unspecified atom stereocenters. The fraction of sp³-hybridized carbons (Fsp3) is 0.200. The predicted octanol–water partition coefficient (Wildman–Crippen LogP) is 3.35. The van der Waals surface area contributed by atoms with E-state index in [4.69, 9.17) is 0 Å². The smallest absolute Gasteiger partial charge is 0.310 e. The van der Waals surface area contributed by atoms with E-state index in [0.29, 0.717) is 16.2 Å². The Hall–Kier alpha value is -3.18. The van der Waals surface area contributed by atoms with E-state index in [-0.39, 0.29) is 23.4 Å². The van der Waals surface area contributed by atoms with Crippen LogP contribution in [0.4, 0.5) is 32.2 Å². The summed E-state index contributed by atoms with van der Waals surface area (Å²) in [6, 6.07) is 2.62. The maximum absolute atomic E-state index is 13.4. The molecule has 0 bridgehead atoms. The van der Waals surface area contributed by atoms with Crippen molar-refractivity contribution >= 4 is 22.9 Å². The Labute approximate surface area is 145 Å². The summed E-state index contributed by atoms with van der Waals surface area (Å²) >= 11 is 0. The maximum atomic E-state index is 13.4. The second kappa shape index (κ2) is 5.41. The van der Waals surface area contributed by atoms with Crippen LogP contribution in [0.15, 0.2) is 24.4 Å². The Bertz CT molecular complexity index is 1080. The molecule has 0 fully saturated rings. The topological polar surface area (TPSA) is 72.7 Å². The predicted molar refractivity (Wildman–Crippen MR) is 79.0 cm³/mol. The van der Waals surface area contributed by atoms with Crippen molar-refractivity contribution < 1.29 is 31.1 Å². The highest BCUT2D eigenvalue weighted by atomic mass is 19.4. The van der Waals surface area contributed by atoms with Crippen molar-refractivity contribution in [3.05, 3.63) is 41.5 Å². The van der Waals surface area contributed by atoms with Crippen LogP contribution in [0.5, 0.6) is 0 Å². The molecule has 4 heterocycles. The zero-order valence-electron chi connectivity index (χ0n) is 13.0. The van der Waals surface area contributed by atoms with Crippen LogP contribution in [-0.4, -0.2) is 25.4 Å². The van der Waals surface area contributed by atoms with Crippen LogP contribution in [0.2, 0.25) is 0 Å². The minimum atomic E-state index is -4.95. The van der Waals surface area contributed by atoms with E-state index in [9.17, 15) is 31.1 Å². The van der Waals surface area contributed by atoms with Crippen LogP contribution in [-0.2, 0) is 23.6 Å². The number of amides is 1. The van der Waals surface area contributed by atoms with Gasteiger partial charge >= 0.3 is 12.4 Å². The molecule has 0 radical (unpaired) electrons. The molecule has 140 valence electrons. The number of rotatable bonds is 1. The van der Waals surface area contributed by atoms with E-state index >= 15 is 0 Å². The van der Waals surface area contributed by atoms with Gasteiger partial charge in [0, 0.05) is 5.56 Å². The first-order valence-electron chi connectivity index (χ1n) is 7.37. The molecular weight excluding hydrogens is 380 g/mol. The van der Waals surface area contributed by atoms with E-state index in [1.54, 1.807) is 0 Å². The van der Waals surface area contributed by atoms with Crippen LogP contribution in [0.1, 0.15) is 17.1 Å². The van der Waals surface area contributed by atoms with E-state index in [1.165, 1.54) is 6.07 Å². The van der Waals surface area contributed by atoms with Gasteiger partial charge in [0.2, 0.25) is 11.7 Å². The monoisotopic (exact) mass is 387 g/mol. The Balaban J connectivity index is 2.00. The number of imidazole rings is 1. The molecule has 27 heavy (non-hydrogen) atoms. The number of halogens is 6. The number of hydrogen-bond acceptors (Lipinski definition) is 4. The first-order chi connectivity index (χ1) is 12.5. The molecule has 4 rings (SSSR count). The molecule has 1 aliphatic heterocycles. The maximum Gasteiger partial charge on any atom is 0.450 e. The number of nitrogens with zero attached hydrogens (tertiary/aromatic N) is 4. The van der Waals surface area contributed by atoms with Gasteiger partial charge in [-0.1, -0.05) is 0 Å². The average Bonchev–Trinajstić information content (AvgIpc) is 3.11. The van der Waals surface area contributed by atoms with Gasteiger partial charge in [0.05, 0.1) is 18.3 Å². The lowest BCUT2D eigenvalue weighted by Gasteiger charge is -2.12.